The van der Waals surface area contributed by atoms with Gasteiger partial charge in [-0.3, -0.25) is 0 Å². The molecule has 1 aliphatic rings. The van der Waals surface area contributed by atoms with E-state index in [0.29, 0.717) is 17.2 Å². The quantitative estimate of drug-likeness (QED) is 0.583. The molecular formula is C20H21FN6O2. The molecule has 0 spiro atoms. The van der Waals surface area contributed by atoms with Gasteiger partial charge in [0.15, 0.2) is 11.6 Å². The lowest BCUT2D eigenvalue weighted by Gasteiger charge is -2.13. The zero-order valence-corrected chi connectivity index (χ0v) is 16.3. The third-order valence-electron chi connectivity index (χ3n) is 4.56. The molecule has 0 fully saturated rings. The molecule has 1 aromatic heterocycles. The van der Waals surface area contributed by atoms with Crippen molar-refractivity contribution < 1.29 is 13.9 Å². The highest BCUT2D eigenvalue weighted by Crippen LogP contribution is 2.30. The van der Waals surface area contributed by atoms with Crippen LogP contribution in [0.3, 0.4) is 0 Å². The topological polar surface area (TPSA) is 83.6 Å². The predicted octanol–water partition coefficient (Wildman–Crippen LogP) is 3.57. The molecule has 0 saturated carbocycles. The summed E-state index contributed by atoms with van der Waals surface area (Å²) in [6.45, 7) is 0.720. The molecule has 0 unspecified atom stereocenters. The largest absolute Gasteiger partial charge is 0.497 e. The summed E-state index contributed by atoms with van der Waals surface area (Å²) in [5.41, 5.74) is 6.83. The minimum Gasteiger partial charge on any atom is -0.497 e. The first-order valence-corrected chi connectivity index (χ1v) is 8.95. The van der Waals surface area contributed by atoms with Gasteiger partial charge in [0.2, 0.25) is 5.95 Å². The van der Waals surface area contributed by atoms with Crippen LogP contribution in [0.5, 0.6) is 11.5 Å². The molecule has 2 aromatic carbocycles. The van der Waals surface area contributed by atoms with E-state index in [1.807, 2.05) is 30.3 Å². The Morgan fingerprint density at radius 2 is 1.79 bits per heavy atom. The monoisotopic (exact) mass is 396 g/mol. The SMILES string of the molecule is COc1cc(Nc2ncc(F)c(Nc3ccc4c(c3)CNN4C)n2)cc(OC)c1. The molecule has 150 valence electrons. The summed E-state index contributed by atoms with van der Waals surface area (Å²) in [6, 6.07) is 11.1. The molecule has 0 saturated heterocycles. The van der Waals surface area contributed by atoms with Gasteiger partial charge in [-0.2, -0.15) is 4.98 Å². The summed E-state index contributed by atoms with van der Waals surface area (Å²) in [4.78, 5) is 8.29. The third-order valence-corrected chi connectivity index (χ3v) is 4.56. The van der Waals surface area contributed by atoms with Crippen molar-refractivity contribution in [2.45, 2.75) is 6.54 Å². The fraction of sp³-hybridized carbons (Fsp3) is 0.200. The Morgan fingerprint density at radius 1 is 1.03 bits per heavy atom. The molecular weight excluding hydrogens is 375 g/mol. The summed E-state index contributed by atoms with van der Waals surface area (Å²) in [7, 11) is 5.09. The Hall–Kier alpha value is -3.59. The van der Waals surface area contributed by atoms with Gasteiger partial charge in [0, 0.05) is 43.2 Å². The lowest BCUT2D eigenvalue weighted by molar-refractivity contribution is 0.395. The minimum atomic E-state index is -0.547. The van der Waals surface area contributed by atoms with E-state index < -0.39 is 5.82 Å². The summed E-state index contributed by atoms with van der Waals surface area (Å²) in [6.07, 6.45) is 1.12. The maximum Gasteiger partial charge on any atom is 0.229 e. The number of halogens is 1. The lowest BCUT2D eigenvalue weighted by Crippen LogP contribution is -2.26. The van der Waals surface area contributed by atoms with E-state index in [0.717, 1.165) is 29.7 Å². The van der Waals surface area contributed by atoms with Crippen LogP contribution in [0, 0.1) is 5.82 Å². The molecule has 0 amide bonds. The van der Waals surface area contributed by atoms with Gasteiger partial charge >= 0.3 is 0 Å². The zero-order valence-electron chi connectivity index (χ0n) is 16.3. The van der Waals surface area contributed by atoms with Gasteiger partial charge in [-0.1, -0.05) is 0 Å². The van der Waals surface area contributed by atoms with Crippen LogP contribution in [0.1, 0.15) is 5.56 Å². The van der Waals surface area contributed by atoms with Crippen molar-refractivity contribution in [3.8, 4) is 11.5 Å². The molecule has 3 N–H and O–H groups in total. The fourth-order valence-electron chi connectivity index (χ4n) is 3.08. The first-order valence-electron chi connectivity index (χ1n) is 8.95. The Bertz CT molecular complexity index is 1020. The molecule has 0 aliphatic carbocycles. The maximum atomic E-state index is 14.3. The van der Waals surface area contributed by atoms with Crippen LogP contribution >= 0.6 is 0 Å². The highest BCUT2D eigenvalue weighted by Gasteiger charge is 2.16. The van der Waals surface area contributed by atoms with Gasteiger partial charge < -0.3 is 25.1 Å². The number of benzene rings is 2. The lowest BCUT2D eigenvalue weighted by atomic mass is 10.1. The summed E-state index contributed by atoms with van der Waals surface area (Å²) in [5.74, 6) is 1.01. The van der Waals surface area contributed by atoms with E-state index >= 15 is 0 Å². The highest BCUT2D eigenvalue weighted by atomic mass is 19.1. The number of hydrazine groups is 1. The molecule has 2 heterocycles. The van der Waals surface area contributed by atoms with Crippen LogP contribution in [-0.2, 0) is 6.54 Å². The van der Waals surface area contributed by atoms with Crippen LogP contribution in [0.25, 0.3) is 0 Å². The second kappa shape index (κ2) is 7.80. The van der Waals surface area contributed by atoms with Gasteiger partial charge in [-0.25, -0.2) is 14.8 Å². The number of aromatic nitrogens is 2. The smallest absolute Gasteiger partial charge is 0.229 e. The molecule has 4 rings (SSSR count). The fourth-order valence-corrected chi connectivity index (χ4v) is 3.08. The Labute approximate surface area is 167 Å². The van der Waals surface area contributed by atoms with Crippen LogP contribution in [0.15, 0.2) is 42.6 Å². The number of hydrogen-bond acceptors (Lipinski definition) is 8. The van der Waals surface area contributed by atoms with Gasteiger partial charge in [0.05, 0.1) is 26.1 Å². The molecule has 0 radical (unpaired) electrons. The van der Waals surface area contributed by atoms with E-state index in [2.05, 4.69) is 26.0 Å². The highest BCUT2D eigenvalue weighted by molar-refractivity contribution is 5.67. The van der Waals surface area contributed by atoms with E-state index in [9.17, 15) is 4.39 Å². The van der Waals surface area contributed by atoms with Crippen molar-refractivity contribution in [1.29, 1.82) is 0 Å². The van der Waals surface area contributed by atoms with Gasteiger partial charge in [-0.05, 0) is 23.8 Å². The zero-order chi connectivity index (χ0) is 20.4. The Balaban J connectivity index is 1.57. The number of nitrogens with one attached hydrogen (secondary N) is 3. The summed E-state index contributed by atoms with van der Waals surface area (Å²) >= 11 is 0. The number of anilines is 5. The normalized spacial score (nSPS) is 12.5. The van der Waals surface area contributed by atoms with Crippen molar-refractivity contribution in [1.82, 2.24) is 15.4 Å². The average molecular weight is 396 g/mol. The van der Waals surface area contributed by atoms with E-state index in [4.69, 9.17) is 9.47 Å². The first kappa shape index (κ1) is 18.8. The molecule has 0 atom stereocenters. The third kappa shape index (κ3) is 3.99. The molecule has 0 bridgehead atoms. The van der Waals surface area contributed by atoms with E-state index in [-0.39, 0.29) is 11.8 Å². The number of rotatable bonds is 6. The van der Waals surface area contributed by atoms with Crippen LogP contribution < -0.4 is 30.5 Å². The summed E-state index contributed by atoms with van der Waals surface area (Å²) < 4.78 is 24.8. The van der Waals surface area contributed by atoms with Crippen molar-refractivity contribution in [2.24, 2.45) is 0 Å². The average Bonchev–Trinajstić information content (AvgIpc) is 3.10. The number of fused-ring (bicyclic) bond motifs is 1. The van der Waals surface area contributed by atoms with Gasteiger partial charge in [0.25, 0.3) is 0 Å². The van der Waals surface area contributed by atoms with Gasteiger partial charge in [-0.15, -0.1) is 0 Å². The van der Waals surface area contributed by atoms with E-state index in [1.165, 1.54) is 0 Å². The van der Waals surface area contributed by atoms with Crippen LogP contribution in [0.2, 0.25) is 0 Å². The maximum absolute atomic E-state index is 14.3. The second-order valence-electron chi connectivity index (χ2n) is 6.48. The second-order valence-corrected chi connectivity index (χ2v) is 6.48. The predicted molar refractivity (Wildman–Crippen MR) is 110 cm³/mol. The van der Waals surface area contributed by atoms with Crippen LogP contribution in [0.4, 0.5) is 33.2 Å². The standard InChI is InChI=1S/C20H21FN6O2/c1-27-18-5-4-13(6-12(18)10-23-27)24-19-17(21)11-22-20(26-19)25-14-7-15(28-2)9-16(8-14)29-3/h4-9,11,23H,10H2,1-3H3,(H2,22,24,25,26). The molecule has 1 aliphatic heterocycles. The number of methoxy groups -OCH3 is 2. The molecule has 29 heavy (non-hydrogen) atoms. The first-order chi connectivity index (χ1) is 14.1. The van der Waals surface area contributed by atoms with Crippen molar-refractivity contribution >= 4 is 28.8 Å². The molecule has 9 heteroatoms. The Kier molecular flexibility index (Phi) is 5.05. The number of nitrogens with zero attached hydrogens (tertiary/aromatic N) is 3. The summed E-state index contributed by atoms with van der Waals surface area (Å²) in [5, 5.41) is 8.03. The van der Waals surface area contributed by atoms with Crippen molar-refractivity contribution in [3.05, 3.63) is 54.0 Å². The number of hydrogen-bond donors (Lipinski definition) is 3. The minimum absolute atomic E-state index is 0.0802. The molecule has 3 aromatic rings. The number of ether oxygens (including phenoxy) is 2. The van der Waals surface area contributed by atoms with E-state index in [1.54, 1.807) is 32.4 Å². The van der Waals surface area contributed by atoms with Crippen molar-refractivity contribution in [3.63, 3.8) is 0 Å². The Morgan fingerprint density at radius 3 is 2.52 bits per heavy atom. The van der Waals surface area contributed by atoms with Crippen molar-refractivity contribution in [2.75, 3.05) is 36.9 Å². The van der Waals surface area contributed by atoms with Gasteiger partial charge in [0.1, 0.15) is 11.5 Å². The molecule has 8 nitrogen and oxygen atoms in total. The van der Waals surface area contributed by atoms with Crippen LogP contribution in [-0.4, -0.2) is 31.2 Å².